The van der Waals surface area contributed by atoms with Crippen LogP contribution in [0.3, 0.4) is 0 Å². The van der Waals surface area contributed by atoms with E-state index >= 15 is 0 Å². The quantitative estimate of drug-likeness (QED) is 0.514. The van der Waals surface area contributed by atoms with Crippen LogP contribution in [0.2, 0.25) is 0 Å². The van der Waals surface area contributed by atoms with Crippen LogP contribution < -0.4 is 0 Å². The normalized spacial score (nSPS) is 0. The van der Waals surface area contributed by atoms with Gasteiger partial charge in [-0.25, -0.2) is 0 Å². The van der Waals surface area contributed by atoms with Gasteiger partial charge in [-0.2, -0.15) is 0 Å². The predicted molar refractivity (Wildman–Crippen MR) is 5.75 cm³/mol. The third kappa shape index (κ3) is 8.88. The van der Waals surface area contributed by atoms with Crippen LogP contribution in [0.5, 0.6) is 0 Å². The number of hydrogen-bond donors (Lipinski definition) is 0. The topological polar surface area (TPSA) is 0 Å². The van der Waals surface area contributed by atoms with E-state index in [1.165, 1.54) is 0 Å². The Balaban J connectivity index is 0. The third-order valence-electron chi connectivity index (χ3n) is 0. The first-order valence-corrected chi connectivity index (χ1v) is 0. The van der Waals surface area contributed by atoms with Crippen LogP contribution in [0, 0.1) is 0 Å². The first kappa shape index (κ1) is 34.5. The summed E-state index contributed by atoms with van der Waals surface area (Å²) in [5.41, 5.74) is 0. The Morgan fingerprint density at radius 2 is 1.00 bits per heavy atom. The molecule has 4 heavy (non-hydrogen) atoms. The molecule has 0 aromatic carbocycles. The first-order chi connectivity index (χ1) is 0. The first-order valence-electron chi connectivity index (χ1n) is 0. The second kappa shape index (κ2) is 18.9. The summed E-state index contributed by atoms with van der Waals surface area (Å²) in [7, 11) is 0. The van der Waals surface area contributed by atoms with Crippen LogP contribution in [0.1, 0.15) is 0 Å². The molecule has 4 heteroatoms. The fraction of sp³-hybridized carbons (Fsp3) is 0. The summed E-state index contributed by atoms with van der Waals surface area (Å²) in [5.74, 6) is 0. The molecule has 0 atom stereocenters. The van der Waals surface area contributed by atoms with Crippen molar-refractivity contribution < 1.29 is 53.3 Å². The van der Waals surface area contributed by atoms with Gasteiger partial charge in [-0.15, -0.1) is 0 Å². The second-order valence-electron chi connectivity index (χ2n) is 0. The van der Waals surface area contributed by atoms with Crippen molar-refractivity contribution in [2.45, 2.75) is 0 Å². The van der Waals surface area contributed by atoms with Crippen molar-refractivity contribution in [2.75, 3.05) is 0 Å². The van der Waals surface area contributed by atoms with E-state index in [9.17, 15) is 0 Å². The second-order valence-corrected chi connectivity index (χ2v) is 0. The van der Waals surface area contributed by atoms with E-state index in [4.69, 9.17) is 0 Å². The summed E-state index contributed by atoms with van der Waals surface area (Å²) in [6.07, 6.45) is 0. The zero-order valence-corrected chi connectivity index (χ0v) is 8.99. The summed E-state index contributed by atoms with van der Waals surface area (Å²) in [5, 5.41) is 0. The average molecular weight is 251 g/mol. The molecule has 0 fully saturated rings. The maximum absolute atomic E-state index is 0. The molecule has 0 heterocycles. The monoisotopic (exact) mass is 249 g/mol. The SMILES string of the molecule is [As].[Cr].[Ni].[Zn]. The molecule has 0 amide bonds. The summed E-state index contributed by atoms with van der Waals surface area (Å²) >= 11 is 0. The third-order valence-corrected chi connectivity index (χ3v) is 0. The summed E-state index contributed by atoms with van der Waals surface area (Å²) in [4.78, 5) is 0. The van der Waals surface area contributed by atoms with Crippen molar-refractivity contribution in [3.63, 3.8) is 0 Å². The summed E-state index contributed by atoms with van der Waals surface area (Å²) < 4.78 is 0. The molecule has 0 bridgehead atoms. The van der Waals surface area contributed by atoms with E-state index in [-0.39, 0.29) is 71.3 Å². The molecular weight excluding hydrogens is 251 g/mol. The van der Waals surface area contributed by atoms with Crippen LogP contribution >= 0.6 is 0 Å². The Morgan fingerprint density at radius 3 is 1.00 bits per heavy atom. The van der Waals surface area contributed by atoms with Crippen molar-refractivity contribution in [3.05, 3.63) is 0 Å². The van der Waals surface area contributed by atoms with E-state index in [0.717, 1.165) is 0 Å². The van der Waals surface area contributed by atoms with E-state index in [2.05, 4.69) is 0 Å². The molecule has 0 rings (SSSR count). The van der Waals surface area contributed by atoms with Gasteiger partial charge in [0.25, 0.3) is 0 Å². The van der Waals surface area contributed by atoms with Crippen LogP contribution in [0.15, 0.2) is 0 Å². The van der Waals surface area contributed by atoms with E-state index in [0.29, 0.717) is 0 Å². The van der Waals surface area contributed by atoms with E-state index < -0.39 is 0 Å². The maximum atomic E-state index is 0. The van der Waals surface area contributed by atoms with Gasteiger partial charge in [-0.05, 0) is 0 Å². The largest absolute Gasteiger partial charge is 0 e. The molecule has 0 nitrogen and oxygen atoms in total. The molecule has 0 saturated carbocycles. The average Bonchev–Trinajstić information content (AvgIpc) is 0. The fourth-order valence-corrected chi connectivity index (χ4v) is 0. The van der Waals surface area contributed by atoms with Crippen molar-refractivity contribution in [2.24, 2.45) is 0 Å². The smallest absolute Gasteiger partial charge is 0 e. The molecule has 23 valence electrons. The number of rotatable bonds is 0. The molecule has 3 radical (unpaired) electrons. The van der Waals surface area contributed by atoms with Crippen LogP contribution in [0.4, 0.5) is 0 Å². The van der Waals surface area contributed by atoms with Gasteiger partial charge in [0.15, 0.2) is 0 Å². The zero-order valence-electron chi connectivity index (χ0n) is 1.88. The maximum Gasteiger partial charge on any atom is 0 e. The Kier molecular flexibility index (Phi) is 163. The molecular formula is AsCrNiZn. The van der Waals surface area contributed by atoms with Gasteiger partial charge in [-0.1, -0.05) is 0 Å². The molecule has 0 aliphatic rings. The number of hydrogen-bond acceptors (Lipinski definition) is 0. The molecule has 0 aliphatic heterocycles. The van der Waals surface area contributed by atoms with Gasteiger partial charge in [0.05, 0.1) is 0 Å². The fourth-order valence-electron chi connectivity index (χ4n) is 0. The zero-order chi connectivity index (χ0) is 0. The predicted octanol–water partition coefficient (Wildman–Crippen LogP) is -0.388. The standard InChI is InChI=1S/As.Cr.Ni.Zn. The van der Waals surface area contributed by atoms with Crippen molar-refractivity contribution in [1.29, 1.82) is 0 Å². The molecule has 0 aromatic rings. The van der Waals surface area contributed by atoms with Crippen LogP contribution in [0.25, 0.3) is 0 Å². The molecule has 0 unspecified atom stereocenters. The van der Waals surface area contributed by atoms with Gasteiger partial charge < -0.3 is 0 Å². The van der Waals surface area contributed by atoms with E-state index in [1.807, 2.05) is 0 Å². The molecule has 0 N–H and O–H groups in total. The van der Waals surface area contributed by atoms with Gasteiger partial charge in [-0.3, -0.25) is 0 Å². The Bertz CT molecular complexity index is 8.00. The van der Waals surface area contributed by atoms with E-state index in [1.54, 1.807) is 0 Å². The Morgan fingerprint density at radius 1 is 1.00 bits per heavy atom. The van der Waals surface area contributed by atoms with Gasteiger partial charge in [0.1, 0.15) is 0 Å². The molecule has 0 saturated heterocycles. The van der Waals surface area contributed by atoms with Gasteiger partial charge in [0.2, 0.25) is 0 Å². The minimum Gasteiger partial charge on any atom is 0 e. The van der Waals surface area contributed by atoms with Gasteiger partial charge >= 0.3 is 0 Å². The molecule has 0 spiro atoms. The summed E-state index contributed by atoms with van der Waals surface area (Å²) in [6.45, 7) is 0. The summed E-state index contributed by atoms with van der Waals surface area (Å²) in [6, 6.07) is 0. The Hall–Kier alpha value is 2.21. The van der Waals surface area contributed by atoms with Crippen molar-refractivity contribution >= 4 is 18.0 Å². The minimum absolute atomic E-state index is 0. The van der Waals surface area contributed by atoms with Crippen LogP contribution in [-0.4, -0.2) is 18.0 Å². The molecule has 0 aliphatic carbocycles. The Labute approximate surface area is 70.6 Å². The van der Waals surface area contributed by atoms with Crippen molar-refractivity contribution in [1.82, 2.24) is 0 Å². The van der Waals surface area contributed by atoms with Gasteiger partial charge in [0, 0.05) is 71.3 Å². The van der Waals surface area contributed by atoms with Crippen molar-refractivity contribution in [3.8, 4) is 0 Å². The molecule has 0 aromatic heterocycles. The minimum atomic E-state index is 0. The van der Waals surface area contributed by atoms with Crippen LogP contribution in [-0.2, 0) is 53.3 Å².